The molecule has 0 saturated heterocycles. The summed E-state index contributed by atoms with van der Waals surface area (Å²) in [7, 11) is 0. The van der Waals surface area contributed by atoms with Crippen LogP contribution in [0.5, 0.6) is 0 Å². The molecule has 0 fully saturated rings. The van der Waals surface area contributed by atoms with Gasteiger partial charge < -0.3 is 15.2 Å². The van der Waals surface area contributed by atoms with Gasteiger partial charge in [0.25, 0.3) is 5.69 Å². The molecule has 3 aromatic rings. The Morgan fingerprint density at radius 1 is 1.13 bits per heavy atom. The minimum atomic E-state index is -0.451. The Labute approximate surface area is 176 Å². The van der Waals surface area contributed by atoms with Gasteiger partial charge in [0, 0.05) is 35.7 Å². The van der Waals surface area contributed by atoms with Crippen molar-refractivity contribution < 1.29 is 4.92 Å². The minimum Gasteiger partial charge on any atom is -0.383 e. The van der Waals surface area contributed by atoms with Crippen LogP contribution in [0.15, 0.2) is 35.1 Å². The molecule has 0 aliphatic carbocycles. The van der Waals surface area contributed by atoms with E-state index in [0.717, 1.165) is 25.2 Å². The summed E-state index contributed by atoms with van der Waals surface area (Å²) in [5, 5.41) is 15.8. The second-order valence-electron chi connectivity index (χ2n) is 8.56. The van der Waals surface area contributed by atoms with Gasteiger partial charge >= 0.3 is 0 Å². The van der Waals surface area contributed by atoms with Crippen LogP contribution in [0.2, 0.25) is 0 Å². The molecule has 0 aliphatic heterocycles. The predicted molar refractivity (Wildman–Crippen MR) is 124 cm³/mol. The fraction of sp³-hybridized carbons (Fsp3) is 0.435. The van der Waals surface area contributed by atoms with Crippen molar-refractivity contribution in [2.75, 3.05) is 31.5 Å². The maximum atomic E-state index is 13.5. The van der Waals surface area contributed by atoms with Gasteiger partial charge in [-0.1, -0.05) is 40.7 Å². The molecule has 1 heterocycles. The van der Waals surface area contributed by atoms with Gasteiger partial charge in [0.05, 0.1) is 10.3 Å². The Hall–Kier alpha value is -2.93. The molecule has 2 N–H and O–H groups in total. The van der Waals surface area contributed by atoms with Crippen LogP contribution in [0.3, 0.4) is 0 Å². The zero-order chi connectivity index (χ0) is 22.1. The number of likely N-dealkylation sites (N-methyl/N-ethyl adjacent to an activating group) is 1. The van der Waals surface area contributed by atoms with Gasteiger partial charge in [-0.05, 0) is 42.3 Å². The van der Waals surface area contributed by atoms with E-state index >= 15 is 0 Å². The summed E-state index contributed by atoms with van der Waals surface area (Å²) in [6, 6.07) is 8.78. The van der Waals surface area contributed by atoms with Crippen molar-refractivity contribution in [3.05, 3.63) is 56.2 Å². The van der Waals surface area contributed by atoms with E-state index in [1.165, 1.54) is 6.07 Å². The lowest BCUT2D eigenvalue weighted by atomic mass is 9.86. The molecule has 0 spiro atoms. The molecule has 30 heavy (non-hydrogen) atoms. The molecule has 7 heteroatoms. The first-order valence-corrected chi connectivity index (χ1v) is 10.4. The number of hydrogen-bond acceptors (Lipinski definition) is 5. The quantitative estimate of drug-likeness (QED) is 0.336. The van der Waals surface area contributed by atoms with Gasteiger partial charge in [-0.25, -0.2) is 0 Å². The standard InChI is InChI=1S/C23H30N4O3/c1-6-26(7-2)13-12-24-18-10-11-19(27(29)30)21-20(18)22(28)16-14-15(23(3,4)5)8-9-17(16)25-21/h8-11,14,24H,6-7,12-13H2,1-5H3,(H,25,28). The highest BCUT2D eigenvalue weighted by Gasteiger charge is 2.21. The molecular weight excluding hydrogens is 380 g/mol. The molecule has 0 atom stereocenters. The van der Waals surface area contributed by atoms with Crippen LogP contribution in [-0.2, 0) is 5.41 Å². The van der Waals surface area contributed by atoms with Crippen molar-refractivity contribution in [3.63, 3.8) is 0 Å². The van der Waals surface area contributed by atoms with Crippen molar-refractivity contribution in [1.82, 2.24) is 9.88 Å². The highest BCUT2D eigenvalue weighted by Crippen LogP contribution is 2.31. The third kappa shape index (κ3) is 4.16. The van der Waals surface area contributed by atoms with Gasteiger partial charge in [0.2, 0.25) is 0 Å². The van der Waals surface area contributed by atoms with Gasteiger partial charge in [-0.15, -0.1) is 0 Å². The van der Waals surface area contributed by atoms with E-state index < -0.39 is 4.92 Å². The number of nitro groups is 1. The molecule has 0 radical (unpaired) electrons. The van der Waals surface area contributed by atoms with E-state index in [9.17, 15) is 14.9 Å². The largest absolute Gasteiger partial charge is 0.383 e. The molecule has 0 unspecified atom stereocenters. The van der Waals surface area contributed by atoms with Crippen molar-refractivity contribution >= 4 is 33.2 Å². The number of nitrogens with one attached hydrogen (secondary N) is 2. The number of benzene rings is 2. The molecule has 2 aromatic carbocycles. The first-order valence-electron chi connectivity index (χ1n) is 10.4. The molecule has 7 nitrogen and oxygen atoms in total. The number of pyridine rings is 1. The molecule has 1 aromatic heterocycles. The van der Waals surface area contributed by atoms with Crippen LogP contribution in [0, 0.1) is 10.1 Å². The summed E-state index contributed by atoms with van der Waals surface area (Å²) in [5.74, 6) is 0. The molecule has 0 saturated carbocycles. The second kappa shape index (κ2) is 8.44. The normalized spacial score (nSPS) is 12.1. The van der Waals surface area contributed by atoms with E-state index in [0.29, 0.717) is 28.5 Å². The lowest BCUT2D eigenvalue weighted by Crippen LogP contribution is -2.28. The van der Waals surface area contributed by atoms with Crippen LogP contribution in [0.25, 0.3) is 21.8 Å². The van der Waals surface area contributed by atoms with E-state index in [1.54, 1.807) is 6.07 Å². The molecule has 3 rings (SSSR count). The highest BCUT2D eigenvalue weighted by atomic mass is 16.6. The number of hydrogen-bond donors (Lipinski definition) is 2. The number of fused-ring (bicyclic) bond motifs is 2. The highest BCUT2D eigenvalue weighted by molar-refractivity contribution is 6.03. The second-order valence-corrected chi connectivity index (χ2v) is 8.56. The van der Waals surface area contributed by atoms with Crippen molar-refractivity contribution in [3.8, 4) is 0 Å². The van der Waals surface area contributed by atoms with Crippen LogP contribution in [0.1, 0.15) is 40.2 Å². The Morgan fingerprint density at radius 3 is 2.43 bits per heavy atom. The number of aromatic nitrogens is 1. The van der Waals surface area contributed by atoms with Crippen LogP contribution < -0.4 is 10.7 Å². The molecule has 0 amide bonds. The van der Waals surface area contributed by atoms with Crippen LogP contribution in [-0.4, -0.2) is 41.0 Å². The molecule has 0 aliphatic rings. The number of nitro benzene ring substituents is 1. The zero-order valence-electron chi connectivity index (χ0n) is 18.3. The third-order valence-corrected chi connectivity index (χ3v) is 5.63. The molecule has 160 valence electrons. The average Bonchev–Trinajstić information content (AvgIpc) is 2.70. The van der Waals surface area contributed by atoms with E-state index in [-0.39, 0.29) is 22.0 Å². The number of rotatable bonds is 7. The number of non-ortho nitro benzene ring substituents is 1. The summed E-state index contributed by atoms with van der Waals surface area (Å²) in [6.45, 7) is 13.8. The first kappa shape index (κ1) is 21.8. The summed E-state index contributed by atoms with van der Waals surface area (Å²) in [4.78, 5) is 30.0. The Morgan fingerprint density at radius 2 is 1.83 bits per heavy atom. The van der Waals surface area contributed by atoms with E-state index in [4.69, 9.17) is 0 Å². The van der Waals surface area contributed by atoms with Gasteiger partial charge in [-0.3, -0.25) is 14.9 Å². The van der Waals surface area contributed by atoms with Crippen molar-refractivity contribution in [1.29, 1.82) is 0 Å². The Bertz CT molecular complexity index is 1140. The zero-order valence-corrected chi connectivity index (χ0v) is 18.3. The van der Waals surface area contributed by atoms with Crippen LogP contribution >= 0.6 is 0 Å². The molecule has 0 bridgehead atoms. The maximum absolute atomic E-state index is 13.5. The average molecular weight is 411 g/mol. The number of H-pyrrole nitrogens is 1. The number of nitrogens with zero attached hydrogens (tertiary/aromatic N) is 2. The fourth-order valence-electron chi connectivity index (χ4n) is 3.72. The fourth-order valence-corrected chi connectivity index (χ4v) is 3.72. The number of anilines is 1. The van der Waals surface area contributed by atoms with Crippen molar-refractivity contribution in [2.45, 2.75) is 40.0 Å². The van der Waals surface area contributed by atoms with E-state index in [1.807, 2.05) is 18.2 Å². The lowest BCUT2D eigenvalue weighted by Gasteiger charge is -2.20. The smallest absolute Gasteiger partial charge is 0.293 e. The van der Waals surface area contributed by atoms with Gasteiger partial charge in [0.1, 0.15) is 5.52 Å². The molecular formula is C23H30N4O3. The topological polar surface area (TPSA) is 91.3 Å². The predicted octanol–water partition coefficient (Wildman–Crippen LogP) is 4.64. The van der Waals surface area contributed by atoms with E-state index in [2.05, 4.69) is 49.8 Å². The van der Waals surface area contributed by atoms with Crippen molar-refractivity contribution in [2.24, 2.45) is 0 Å². The SMILES string of the molecule is CCN(CC)CCNc1ccc([N+](=O)[O-])c2[nH]c3ccc(C(C)(C)C)cc3c(=O)c12. The number of aromatic amines is 1. The van der Waals surface area contributed by atoms with Crippen LogP contribution in [0.4, 0.5) is 11.4 Å². The minimum absolute atomic E-state index is 0.0989. The summed E-state index contributed by atoms with van der Waals surface area (Å²) >= 11 is 0. The third-order valence-electron chi connectivity index (χ3n) is 5.63. The summed E-state index contributed by atoms with van der Waals surface area (Å²) < 4.78 is 0. The Balaban J connectivity index is 2.19. The Kier molecular flexibility index (Phi) is 6.12. The summed E-state index contributed by atoms with van der Waals surface area (Å²) in [5.41, 5.74) is 2.12. The van der Waals surface area contributed by atoms with Gasteiger partial charge in [-0.2, -0.15) is 0 Å². The lowest BCUT2D eigenvalue weighted by molar-refractivity contribution is -0.383. The van der Waals surface area contributed by atoms with Gasteiger partial charge in [0.15, 0.2) is 5.43 Å². The first-order chi connectivity index (χ1) is 14.2. The maximum Gasteiger partial charge on any atom is 0.293 e. The monoisotopic (exact) mass is 410 g/mol. The summed E-state index contributed by atoms with van der Waals surface area (Å²) in [6.07, 6.45) is 0.